The molecule has 7 nitrogen and oxygen atoms in total. The zero-order chi connectivity index (χ0) is 30.1. The van der Waals surface area contributed by atoms with E-state index in [2.05, 4.69) is 72.6 Å². The fourth-order valence-corrected chi connectivity index (χ4v) is 6.78. The zero-order valence-electron chi connectivity index (χ0n) is 25.7. The second-order valence-corrected chi connectivity index (χ2v) is 12.7. The van der Waals surface area contributed by atoms with Crippen LogP contribution in [0.15, 0.2) is 66.7 Å². The number of amides is 2. The van der Waals surface area contributed by atoms with Gasteiger partial charge in [0, 0.05) is 32.4 Å². The van der Waals surface area contributed by atoms with Crippen molar-refractivity contribution in [3.05, 3.63) is 94.5 Å². The van der Waals surface area contributed by atoms with Crippen LogP contribution in [-0.4, -0.2) is 61.7 Å². The van der Waals surface area contributed by atoms with Crippen molar-refractivity contribution in [2.45, 2.75) is 82.7 Å². The van der Waals surface area contributed by atoms with E-state index in [9.17, 15) is 9.59 Å². The summed E-state index contributed by atoms with van der Waals surface area (Å²) in [6, 6.07) is 23.0. The van der Waals surface area contributed by atoms with E-state index in [1.54, 1.807) is 0 Å². The molecule has 2 heterocycles. The van der Waals surface area contributed by atoms with E-state index < -0.39 is 0 Å². The van der Waals surface area contributed by atoms with Crippen molar-refractivity contribution in [1.82, 2.24) is 10.2 Å². The molecule has 7 heteroatoms. The van der Waals surface area contributed by atoms with Gasteiger partial charge in [0.05, 0.1) is 24.1 Å². The molecular weight excluding hydrogens is 538 g/mol. The highest BCUT2D eigenvalue weighted by Crippen LogP contribution is 2.33. The van der Waals surface area contributed by atoms with Gasteiger partial charge >= 0.3 is 0 Å². The Bertz CT molecular complexity index is 1440. The van der Waals surface area contributed by atoms with Crippen LogP contribution in [-0.2, 0) is 28.9 Å². The van der Waals surface area contributed by atoms with Crippen molar-refractivity contribution < 1.29 is 19.1 Å². The van der Waals surface area contributed by atoms with Gasteiger partial charge in [-0.15, -0.1) is 0 Å². The molecule has 0 unspecified atom stereocenters. The highest BCUT2D eigenvalue weighted by atomic mass is 16.5. The summed E-state index contributed by atoms with van der Waals surface area (Å²) >= 11 is 0. The molecule has 226 valence electrons. The Morgan fingerprint density at radius 1 is 1.02 bits per heavy atom. The maximum Gasteiger partial charge on any atom is 0.257 e. The molecule has 1 saturated heterocycles. The number of carbonyl (C=O) groups excluding carboxylic acids is 2. The largest absolute Gasteiger partial charge is 0.490 e. The van der Waals surface area contributed by atoms with Gasteiger partial charge in [0.1, 0.15) is 18.5 Å². The Morgan fingerprint density at radius 3 is 2.44 bits per heavy atom. The molecule has 1 fully saturated rings. The Labute approximate surface area is 255 Å². The number of carbonyl (C=O) groups is 2. The molecule has 2 amide bonds. The standard InChI is InChI=1S/C36H43N3O4/c1-23(2)25-11-9-24(10-12-25)21-38(3)29-13-16-33-31(19-29)36(41)39(4)32-15-14-30(43-34(32)22-42-33)20-35(40)37-28-17-26-7-5-6-8-27(26)18-28/h5-13,16,19,23,28,30,32,34H,14-15,17-18,20-22H2,1-4H3,(H,37,40)/t30-,32-,34-/m0/s1. The highest BCUT2D eigenvalue weighted by molar-refractivity contribution is 5.98. The zero-order valence-corrected chi connectivity index (χ0v) is 25.7. The van der Waals surface area contributed by atoms with Crippen LogP contribution in [0.3, 0.4) is 0 Å². The van der Waals surface area contributed by atoms with Crippen molar-refractivity contribution in [2.75, 3.05) is 25.6 Å². The van der Waals surface area contributed by atoms with Crippen LogP contribution in [0.5, 0.6) is 5.75 Å². The van der Waals surface area contributed by atoms with Gasteiger partial charge in [0.15, 0.2) is 0 Å². The molecule has 2 aliphatic heterocycles. The summed E-state index contributed by atoms with van der Waals surface area (Å²) in [5, 5.41) is 3.21. The van der Waals surface area contributed by atoms with Gasteiger partial charge in [-0.2, -0.15) is 0 Å². The molecule has 6 rings (SSSR count). The molecule has 0 spiro atoms. The van der Waals surface area contributed by atoms with Gasteiger partial charge in [-0.1, -0.05) is 62.4 Å². The van der Waals surface area contributed by atoms with E-state index in [1.807, 2.05) is 37.2 Å². The lowest BCUT2D eigenvalue weighted by molar-refractivity contribution is -0.134. The van der Waals surface area contributed by atoms with Crippen molar-refractivity contribution in [1.29, 1.82) is 0 Å². The maximum atomic E-state index is 13.7. The van der Waals surface area contributed by atoms with Gasteiger partial charge in [-0.3, -0.25) is 9.59 Å². The number of nitrogens with one attached hydrogen (secondary N) is 1. The van der Waals surface area contributed by atoms with Crippen LogP contribution < -0.4 is 15.0 Å². The number of ether oxygens (including phenoxy) is 2. The van der Waals surface area contributed by atoms with Crippen molar-refractivity contribution in [3.8, 4) is 5.75 Å². The molecule has 43 heavy (non-hydrogen) atoms. The Kier molecular flexibility index (Phi) is 8.44. The average Bonchev–Trinajstić information content (AvgIpc) is 3.41. The normalized spacial score (nSPS) is 21.7. The third-order valence-corrected chi connectivity index (χ3v) is 9.33. The fourth-order valence-electron chi connectivity index (χ4n) is 6.78. The predicted octanol–water partition coefficient (Wildman–Crippen LogP) is 5.50. The summed E-state index contributed by atoms with van der Waals surface area (Å²) in [4.78, 5) is 30.6. The first kappa shape index (κ1) is 29.2. The SMILES string of the molecule is CC(C)c1ccc(CN(C)c2ccc3c(c2)C(=O)N(C)[C@H]2CC[C@@H](CC(=O)NC4Cc5ccccc5C4)O[C@H]2CO3)cc1. The molecule has 3 aromatic carbocycles. The summed E-state index contributed by atoms with van der Waals surface area (Å²) in [7, 11) is 3.90. The number of hydrogen-bond donors (Lipinski definition) is 1. The smallest absolute Gasteiger partial charge is 0.257 e. The predicted molar refractivity (Wildman–Crippen MR) is 169 cm³/mol. The lowest BCUT2D eigenvalue weighted by atomic mass is 9.94. The van der Waals surface area contributed by atoms with Crippen molar-refractivity contribution in [3.63, 3.8) is 0 Å². The minimum absolute atomic E-state index is 0.0234. The van der Waals surface area contributed by atoms with Gasteiger partial charge in [0.2, 0.25) is 5.91 Å². The van der Waals surface area contributed by atoms with Crippen molar-refractivity contribution >= 4 is 17.5 Å². The summed E-state index contributed by atoms with van der Waals surface area (Å²) < 4.78 is 12.6. The second kappa shape index (κ2) is 12.4. The van der Waals surface area contributed by atoms with Crippen LogP contribution in [0, 0.1) is 0 Å². The van der Waals surface area contributed by atoms with Gasteiger partial charge in [-0.25, -0.2) is 0 Å². The Balaban J connectivity index is 1.07. The minimum atomic E-state index is -0.291. The Morgan fingerprint density at radius 2 is 1.74 bits per heavy atom. The third kappa shape index (κ3) is 6.42. The van der Waals surface area contributed by atoms with Crippen LogP contribution in [0.2, 0.25) is 0 Å². The molecule has 3 aromatic rings. The number of likely N-dealkylation sites (N-methyl/N-ethyl adjacent to an activating group) is 1. The quantitative estimate of drug-likeness (QED) is 0.399. The molecule has 1 aliphatic carbocycles. The average molecular weight is 582 g/mol. The first-order valence-corrected chi connectivity index (χ1v) is 15.6. The number of anilines is 1. The number of fused-ring (bicyclic) bond motifs is 3. The lowest BCUT2D eigenvalue weighted by Crippen LogP contribution is -2.54. The van der Waals surface area contributed by atoms with Gasteiger partial charge in [-0.05, 0) is 72.1 Å². The van der Waals surface area contributed by atoms with Crippen molar-refractivity contribution in [2.24, 2.45) is 0 Å². The molecule has 3 aliphatic rings. The molecule has 0 radical (unpaired) electrons. The van der Waals surface area contributed by atoms with E-state index in [1.165, 1.54) is 22.3 Å². The highest BCUT2D eigenvalue weighted by Gasteiger charge is 2.39. The van der Waals surface area contributed by atoms with E-state index in [0.717, 1.165) is 37.9 Å². The second-order valence-electron chi connectivity index (χ2n) is 12.7. The molecule has 0 bridgehead atoms. The maximum absolute atomic E-state index is 13.7. The molecular formula is C36H43N3O4. The van der Waals surface area contributed by atoms with E-state index in [0.29, 0.717) is 30.3 Å². The van der Waals surface area contributed by atoms with E-state index in [-0.39, 0.29) is 36.1 Å². The molecule has 0 aromatic heterocycles. The first-order chi connectivity index (χ1) is 20.7. The first-order valence-electron chi connectivity index (χ1n) is 15.6. The minimum Gasteiger partial charge on any atom is -0.490 e. The molecule has 1 N–H and O–H groups in total. The fraction of sp³-hybridized carbons (Fsp3) is 0.444. The monoisotopic (exact) mass is 581 g/mol. The van der Waals surface area contributed by atoms with Crippen LogP contribution in [0.4, 0.5) is 5.69 Å². The Hall–Kier alpha value is -3.84. The van der Waals surface area contributed by atoms with Gasteiger partial charge in [0.25, 0.3) is 5.91 Å². The number of nitrogens with zero attached hydrogens (tertiary/aromatic N) is 2. The van der Waals surface area contributed by atoms with Crippen LogP contribution in [0.1, 0.15) is 71.6 Å². The summed E-state index contributed by atoms with van der Waals surface area (Å²) in [5.74, 6) is 1.03. The third-order valence-electron chi connectivity index (χ3n) is 9.33. The molecule has 3 atom stereocenters. The van der Waals surface area contributed by atoms with E-state index in [4.69, 9.17) is 9.47 Å². The van der Waals surface area contributed by atoms with Gasteiger partial charge < -0.3 is 24.6 Å². The summed E-state index contributed by atoms with van der Waals surface area (Å²) in [6.45, 7) is 5.47. The summed E-state index contributed by atoms with van der Waals surface area (Å²) in [6.07, 6.45) is 3.08. The van der Waals surface area contributed by atoms with Crippen LogP contribution in [0.25, 0.3) is 0 Å². The van der Waals surface area contributed by atoms with E-state index >= 15 is 0 Å². The molecule has 0 saturated carbocycles. The van der Waals surface area contributed by atoms with Crippen LogP contribution >= 0.6 is 0 Å². The topological polar surface area (TPSA) is 71.1 Å². The summed E-state index contributed by atoms with van der Waals surface area (Å²) in [5.41, 5.74) is 6.72. The number of hydrogen-bond acceptors (Lipinski definition) is 5. The lowest BCUT2D eigenvalue weighted by Gasteiger charge is -2.42. The number of rotatable bonds is 7. The number of benzene rings is 3.